The molecule has 0 aliphatic heterocycles. The Morgan fingerprint density at radius 1 is 1.00 bits per heavy atom. The van der Waals surface area contributed by atoms with Crippen molar-refractivity contribution >= 4 is 11.6 Å². The van der Waals surface area contributed by atoms with Crippen molar-refractivity contribution in [2.24, 2.45) is 0 Å². The fourth-order valence-electron chi connectivity index (χ4n) is 2.21. The summed E-state index contributed by atoms with van der Waals surface area (Å²) in [5.41, 5.74) is 4.30. The van der Waals surface area contributed by atoms with Gasteiger partial charge in [-0.05, 0) is 61.1 Å². The van der Waals surface area contributed by atoms with Crippen LogP contribution in [0.15, 0.2) is 36.4 Å². The van der Waals surface area contributed by atoms with E-state index in [4.69, 9.17) is 11.6 Å². The maximum absolute atomic E-state index is 13.3. The number of aliphatic hydroxyl groups excluding tert-OH is 1. The normalized spacial score (nSPS) is 12.4. The summed E-state index contributed by atoms with van der Waals surface area (Å²) in [7, 11) is 0. The molecule has 2 aromatic carbocycles. The number of halogens is 2. The molecule has 0 aliphatic carbocycles. The minimum atomic E-state index is -0.530. The van der Waals surface area contributed by atoms with Crippen molar-refractivity contribution in [2.45, 2.75) is 32.8 Å². The fraction of sp³-hybridized carbons (Fsp3) is 0.294. The van der Waals surface area contributed by atoms with Crippen molar-refractivity contribution in [3.63, 3.8) is 0 Å². The van der Waals surface area contributed by atoms with Gasteiger partial charge in [-0.1, -0.05) is 35.9 Å². The molecule has 0 amide bonds. The SMILES string of the molecule is Cc1ccc(CC(O)Cc2ccc(Cl)c(F)c2)cc1C. The summed E-state index contributed by atoms with van der Waals surface area (Å²) < 4.78 is 13.3. The number of aryl methyl sites for hydroxylation is 2. The molecule has 0 bridgehead atoms. The molecule has 106 valence electrons. The molecule has 2 rings (SSSR count). The van der Waals surface area contributed by atoms with Gasteiger partial charge in [0.2, 0.25) is 0 Å². The molecule has 2 aromatic rings. The molecule has 0 heterocycles. The number of rotatable bonds is 4. The van der Waals surface area contributed by atoms with Crippen LogP contribution in [0.4, 0.5) is 4.39 Å². The van der Waals surface area contributed by atoms with Crippen molar-refractivity contribution in [3.8, 4) is 0 Å². The van der Waals surface area contributed by atoms with E-state index < -0.39 is 11.9 Å². The highest BCUT2D eigenvalue weighted by Gasteiger charge is 2.09. The second-order valence-corrected chi connectivity index (χ2v) is 5.64. The van der Waals surface area contributed by atoms with Crippen molar-refractivity contribution in [3.05, 3.63) is 69.5 Å². The topological polar surface area (TPSA) is 20.2 Å². The highest BCUT2D eigenvalue weighted by atomic mass is 35.5. The molecule has 0 radical (unpaired) electrons. The van der Waals surface area contributed by atoms with E-state index in [0.717, 1.165) is 11.1 Å². The van der Waals surface area contributed by atoms with Crippen molar-refractivity contribution in [1.82, 2.24) is 0 Å². The summed E-state index contributed by atoms with van der Waals surface area (Å²) >= 11 is 5.64. The Morgan fingerprint density at radius 2 is 1.60 bits per heavy atom. The summed E-state index contributed by atoms with van der Waals surface area (Å²) in [6, 6.07) is 10.8. The van der Waals surface area contributed by atoms with E-state index >= 15 is 0 Å². The summed E-state index contributed by atoms with van der Waals surface area (Å²) in [5.74, 6) is -0.442. The van der Waals surface area contributed by atoms with Gasteiger partial charge >= 0.3 is 0 Å². The Balaban J connectivity index is 2.02. The van der Waals surface area contributed by atoms with Gasteiger partial charge in [0.1, 0.15) is 5.82 Å². The van der Waals surface area contributed by atoms with Crippen LogP contribution in [0.5, 0.6) is 0 Å². The molecular weight excluding hydrogens is 275 g/mol. The molecular formula is C17H18ClFO. The van der Waals surface area contributed by atoms with Crippen LogP contribution in [0.1, 0.15) is 22.3 Å². The second-order valence-electron chi connectivity index (χ2n) is 5.23. The first kappa shape index (κ1) is 15.0. The monoisotopic (exact) mass is 292 g/mol. The molecule has 0 fully saturated rings. The standard InChI is InChI=1S/C17H18ClFO/c1-11-3-4-13(7-12(11)2)8-15(20)9-14-5-6-16(18)17(19)10-14/h3-7,10,15,20H,8-9H2,1-2H3. The van der Waals surface area contributed by atoms with Crippen molar-refractivity contribution in [1.29, 1.82) is 0 Å². The summed E-state index contributed by atoms with van der Waals surface area (Å²) in [4.78, 5) is 0. The number of aliphatic hydroxyl groups is 1. The van der Waals surface area contributed by atoms with E-state index in [1.807, 2.05) is 6.07 Å². The Morgan fingerprint density at radius 3 is 2.20 bits per heavy atom. The third kappa shape index (κ3) is 3.81. The van der Waals surface area contributed by atoms with Gasteiger partial charge in [-0.25, -0.2) is 4.39 Å². The van der Waals surface area contributed by atoms with Gasteiger partial charge in [0.25, 0.3) is 0 Å². The molecule has 1 atom stereocenters. The van der Waals surface area contributed by atoms with E-state index in [-0.39, 0.29) is 5.02 Å². The van der Waals surface area contributed by atoms with Gasteiger partial charge in [0.05, 0.1) is 11.1 Å². The van der Waals surface area contributed by atoms with Gasteiger partial charge in [-0.15, -0.1) is 0 Å². The summed E-state index contributed by atoms with van der Waals surface area (Å²) in [6.07, 6.45) is 0.449. The van der Waals surface area contributed by atoms with E-state index in [2.05, 4.69) is 26.0 Å². The first-order chi connectivity index (χ1) is 9.45. The first-order valence-corrected chi connectivity index (χ1v) is 7.01. The predicted octanol–water partition coefficient (Wildman–Crippen LogP) is 4.24. The second kappa shape index (κ2) is 6.38. The molecule has 0 saturated carbocycles. The third-order valence-electron chi connectivity index (χ3n) is 3.50. The molecule has 3 heteroatoms. The first-order valence-electron chi connectivity index (χ1n) is 6.64. The van der Waals surface area contributed by atoms with Crippen LogP contribution in [0.25, 0.3) is 0 Å². The van der Waals surface area contributed by atoms with Crippen molar-refractivity contribution in [2.75, 3.05) is 0 Å². The largest absolute Gasteiger partial charge is 0.392 e. The van der Waals surface area contributed by atoms with E-state index in [9.17, 15) is 9.50 Å². The minimum Gasteiger partial charge on any atom is -0.392 e. The lowest BCUT2D eigenvalue weighted by Crippen LogP contribution is -2.14. The van der Waals surface area contributed by atoms with Crippen LogP contribution < -0.4 is 0 Å². The van der Waals surface area contributed by atoms with Crippen LogP contribution in [0.3, 0.4) is 0 Å². The zero-order valence-electron chi connectivity index (χ0n) is 11.7. The van der Waals surface area contributed by atoms with Gasteiger partial charge in [-0.3, -0.25) is 0 Å². The maximum Gasteiger partial charge on any atom is 0.142 e. The molecule has 1 unspecified atom stereocenters. The summed E-state index contributed by atoms with van der Waals surface area (Å²) in [6.45, 7) is 4.12. The van der Waals surface area contributed by atoms with E-state index in [0.29, 0.717) is 12.8 Å². The number of hydrogen-bond acceptors (Lipinski definition) is 1. The summed E-state index contributed by atoms with van der Waals surface area (Å²) in [5, 5.41) is 10.2. The quantitative estimate of drug-likeness (QED) is 0.893. The lowest BCUT2D eigenvalue weighted by Gasteiger charge is -2.12. The molecule has 0 aliphatic rings. The molecule has 1 nitrogen and oxygen atoms in total. The molecule has 0 saturated heterocycles. The Hall–Kier alpha value is -1.38. The van der Waals surface area contributed by atoms with Gasteiger partial charge in [0.15, 0.2) is 0 Å². The van der Waals surface area contributed by atoms with Crippen LogP contribution in [-0.4, -0.2) is 11.2 Å². The number of benzene rings is 2. The molecule has 0 aromatic heterocycles. The Bertz CT molecular complexity index is 556. The van der Waals surface area contributed by atoms with Crippen LogP contribution in [0.2, 0.25) is 5.02 Å². The van der Waals surface area contributed by atoms with Crippen LogP contribution in [-0.2, 0) is 12.8 Å². The van der Waals surface area contributed by atoms with Gasteiger partial charge < -0.3 is 5.11 Å². The smallest absolute Gasteiger partial charge is 0.142 e. The van der Waals surface area contributed by atoms with Gasteiger partial charge in [-0.2, -0.15) is 0 Å². The average Bonchev–Trinajstić information content (AvgIpc) is 2.38. The third-order valence-corrected chi connectivity index (χ3v) is 3.80. The molecule has 0 spiro atoms. The highest BCUT2D eigenvalue weighted by molar-refractivity contribution is 6.30. The Labute approximate surface area is 124 Å². The predicted molar refractivity (Wildman–Crippen MR) is 80.7 cm³/mol. The lowest BCUT2D eigenvalue weighted by atomic mass is 9.98. The van der Waals surface area contributed by atoms with Crippen LogP contribution in [0, 0.1) is 19.7 Å². The maximum atomic E-state index is 13.3. The zero-order valence-corrected chi connectivity index (χ0v) is 12.4. The molecule has 1 N–H and O–H groups in total. The highest BCUT2D eigenvalue weighted by Crippen LogP contribution is 2.18. The average molecular weight is 293 g/mol. The minimum absolute atomic E-state index is 0.109. The Kier molecular flexibility index (Phi) is 4.79. The lowest BCUT2D eigenvalue weighted by molar-refractivity contribution is 0.175. The number of hydrogen-bond donors (Lipinski definition) is 1. The van der Waals surface area contributed by atoms with E-state index in [1.54, 1.807) is 6.07 Å². The van der Waals surface area contributed by atoms with E-state index in [1.165, 1.54) is 23.3 Å². The molecule has 20 heavy (non-hydrogen) atoms. The van der Waals surface area contributed by atoms with Gasteiger partial charge in [0, 0.05) is 0 Å². The van der Waals surface area contributed by atoms with Crippen molar-refractivity contribution < 1.29 is 9.50 Å². The van der Waals surface area contributed by atoms with Crippen LogP contribution >= 0.6 is 11.6 Å². The fourth-order valence-corrected chi connectivity index (χ4v) is 2.33. The zero-order chi connectivity index (χ0) is 14.7.